The van der Waals surface area contributed by atoms with Gasteiger partial charge in [-0.1, -0.05) is 30.3 Å². The van der Waals surface area contributed by atoms with Crippen LogP contribution in [0.15, 0.2) is 30.3 Å². The molecule has 1 aliphatic carbocycles. The van der Waals surface area contributed by atoms with E-state index in [2.05, 4.69) is 10.2 Å². The zero-order valence-electron chi connectivity index (χ0n) is 14.2. The summed E-state index contributed by atoms with van der Waals surface area (Å²) in [6.07, 6.45) is 5.59. The molecule has 3 rings (SSSR count). The number of nitrogens with one attached hydrogen (secondary N) is 1. The van der Waals surface area contributed by atoms with E-state index in [1.54, 1.807) is 0 Å². The molecule has 24 heavy (non-hydrogen) atoms. The van der Waals surface area contributed by atoms with Gasteiger partial charge in [-0.25, -0.2) is 4.79 Å². The Hall–Kier alpha value is -1.59. The lowest BCUT2D eigenvalue weighted by molar-refractivity contribution is 0.0469. The second kappa shape index (κ2) is 8.49. The van der Waals surface area contributed by atoms with Crippen LogP contribution >= 0.6 is 0 Å². The van der Waals surface area contributed by atoms with Gasteiger partial charge in [-0.3, -0.25) is 0 Å². The van der Waals surface area contributed by atoms with Gasteiger partial charge < -0.3 is 20.1 Å². The fourth-order valence-electron chi connectivity index (χ4n) is 3.77. The Balaban J connectivity index is 1.35. The molecule has 0 atom stereocenters. The molecular weight excluding hydrogens is 304 g/mol. The van der Waals surface area contributed by atoms with E-state index in [0.717, 1.165) is 57.2 Å². The SMILES string of the molecule is O=C(NC1CCC(N2CCC(O)CC2)CC1)OCc1ccccc1. The molecule has 5 nitrogen and oxygen atoms in total. The first-order valence-electron chi connectivity index (χ1n) is 9.10. The fraction of sp³-hybridized carbons (Fsp3) is 0.632. The largest absolute Gasteiger partial charge is 0.445 e. The number of aliphatic hydroxyl groups is 1. The van der Waals surface area contributed by atoms with Crippen molar-refractivity contribution in [2.75, 3.05) is 13.1 Å². The predicted octanol–water partition coefficient (Wildman–Crippen LogP) is 2.68. The van der Waals surface area contributed by atoms with Gasteiger partial charge in [0.1, 0.15) is 6.61 Å². The molecule has 0 spiro atoms. The number of likely N-dealkylation sites (tertiary alicyclic amines) is 1. The number of ether oxygens (including phenoxy) is 1. The van der Waals surface area contributed by atoms with Gasteiger partial charge in [0.05, 0.1) is 6.10 Å². The van der Waals surface area contributed by atoms with Crippen LogP contribution in [0.3, 0.4) is 0 Å². The van der Waals surface area contributed by atoms with Gasteiger partial charge in [-0.15, -0.1) is 0 Å². The number of piperidine rings is 1. The maximum absolute atomic E-state index is 11.9. The molecule has 0 aromatic heterocycles. The zero-order valence-corrected chi connectivity index (χ0v) is 14.2. The molecule has 1 saturated heterocycles. The third kappa shape index (κ3) is 4.95. The average molecular weight is 332 g/mol. The summed E-state index contributed by atoms with van der Waals surface area (Å²) in [6.45, 7) is 2.32. The maximum Gasteiger partial charge on any atom is 0.407 e. The molecule has 1 heterocycles. The minimum Gasteiger partial charge on any atom is -0.445 e. The van der Waals surface area contributed by atoms with E-state index in [4.69, 9.17) is 4.74 Å². The Kier molecular flexibility index (Phi) is 6.10. The van der Waals surface area contributed by atoms with Crippen molar-refractivity contribution < 1.29 is 14.6 Å². The van der Waals surface area contributed by atoms with Crippen molar-refractivity contribution in [1.29, 1.82) is 0 Å². The summed E-state index contributed by atoms with van der Waals surface area (Å²) >= 11 is 0. The van der Waals surface area contributed by atoms with Gasteiger partial charge in [-0.2, -0.15) is 0 Å². The summed E-state index contributed by atoms with van der Waals surface area (Å²) in [5.74, 6) is 0. The number of benzene rings is 1. The lowest BCUT2D eigenvalue weighted by atomic mass is 9.89. The molecule has 0 radical (unpaired) electrons. The maximum atomic E-state index is 11.9. The Morgan fingerprint density at radius 2 is 1.75 bits per heavy atom. The highest BCUT2D eigenvalue weighted by atomic mass is 16.5. The number of amides is 1. The van der Waals surface area contributed by atoms with Crippen LogP contribution in [0.2, 0.25) is 0 Å². The monoisotopic (exact) mass is 332 g/mol. The van der Waals surface area contributed by atoms with Crippen LogP contribution in [-0.4, -0.2) is 47.4 Å². The second-order valence-electron chi connectivity index (χ2n) is 6.98. The van der Waals surface area contributed by atoms with Gasteiger partial charge in [0.25, 0.3) is 0 Å². The molecule has 1 saturated carbocycles. The van der Waals surface area contributed by atoms with Crippen LogP contribution in [0, 0.1) is 0 Å². The number of carbonyl (C=O) groups excluding carboxylic acids is 1. The molecule has 2 fully saturated rings. The first kappa shape index (κ1) is 17.2. The minimum absolute atomic E-state index is 0.112. The number of rotatable bonds is 4. The van der Waals surface area contributed by atoms with Gasteiger partial charge in [0, 0.05) is 25.2 Å². The molecule has 2 aliphatic rings. The number of nitrogens with zero attached hydrogens (tertiary/aromatic N) is 1. The molecule has 2 N–H and O–H groups in total. The van der Waals surface area contributed by atoms with Crippen molar-refractivity contribution in [2.45, 2.75) is 63.3 Å². The Morgan fingerprint density at radius 3 is 2.42 bits per heavy atom. The van der Waals surface area contributed by atoms with E-state index >= 15 is 0 Å². The normalized spacial score (nSPS) is 26.0. The molecule has 0 unspecified atom stereocenters. The number of hydrogen-bond acceptors (Lipinski definition) is 4. The number of carbonyl (C=O) groups is 1. The van der Waals surface area contributed by atoms with Crippen molar-refractivity contribution in [1.82, 2.24) is 10.2 Å². The van der Waals surface area contributed by atoms with Gasteiger partial charge in [0.15, 0.2) is 0 Å². The van der Waals surface area contributed by atoms with Crippen LogP contribution in [0.5, 0.6) is 0 Å². The molecule has 1 amide bonds. The Morgan fingerprint density at radius 1 is 1.08 bits per heavy atom. The topological polar surface area (TPSA) is 61.8 Å². The summed E-state index contributed by atoms with van der Waals surface area (Å²) in [7, 11) is 0. The molecule has 1 aliphatic heterocycles. The highest BCUT2D eigenvalue weighted by Gasteiger charge is 2.29. The predicted molar refractivity (Wildman–Crippen MR) is 92.6 cm³/mol. The van der Waals surface area contributed by atoms with Crippen LogP contribution in [0.1, 0.15) is 44.1 Å². The first-order chi connectivity index (χ1) is 11.7. The van der Waals surface area contributed by atoms with E-state index < -0.39 is 0 Å². The summed E-state index contributed by atoms with van der Waals surface area (Å²) in [5, 5.41) is 12.6. The Labute approximate surface area is 144 Å². The summed E-state index contributed by atoms with van der Waals surface area (Å²) in [5.41, 5.74) is 1.00. The Bertz CT molecular complexity index is 507. The van der Waals surface area contributed by atoms with E-state index in [-0.39, 0.29) is 18.2 Å². The van der Waals surface area contributed by atoms with E-state index in [0.29, 0.717) is 12.6 Å². The van der Waals surface area contributed by atoms with Crippen molar-refractivity contribution in [3.05, 3.63) is 35.9 Å². The minimum atomic E-state index is -0.316. The molecule has 5 heteroatoms. The summed E-state index contributed by atoms with van der Waals surface area (Å²) in [4.78, 5) is 14.4. The van der Waals surface area contributed by atoms with Crippen molar-refractivity contribution in [2.24, 2.45) is 0 Å². The van der Waals surface area contributed by atoms with Crippen LogP contribution < -0.4 is 5.32 Å². The van der Waals surface area contributed by atoms with Crippen molar-refractivity contribution in [3.8, 4) is 0 Å². The fourth-order valence-corrected chi connectivity index (χ4v) is 3.77. The third-order valence-electron chi connectivity index (χ3n) is 5.25. The molecular formula is C19H28N2O3. The van der Waals surface area contributed by atoms with Gasteiger partial charge in [-0.05, 0) is 44.1 Å². The van der Waals surface area contributed by atoms with Gasteiger partial charge >= 0.3 is 6.09 Å². The lowest BCUT2D eigenvalue weighted by Gasteiger charge is -2.40. The van der Waals surface area contributed by atoms with Crippen LogP contribution in [-0.2, 0) is 11.3 Å². The zero-order chi connectivity index (χ0) is 16.8. The molecule has 132 valence electrons. The average Bonchev–Trinajstić information content (AvgIpc) is 2.62. The van der Waals surface area contributed by atoms with Crippen LogP contribution in [0.25, 0.3) is 0 Å². The van der Waals surface area contributed by atoms with E-state index in [9.17, 15) is 9.90 Å². The number of alkyl carbamates (subject to hydrolysis) is 1. The summed E-state index contributed by atoms with van der Waals surface area (Å²) < 4.78 is 5.30. The van der Waals surface area contributed by atoms with E-state index in [1.165, 1.54) is 0 Å². The number of hydrogen-bond donors (Lipinski definition) is 2. The quantitative estimate of drug-likeness (QED) is 0.890. The van der Waals surface area contributed by atoms with Gasteiger partial charge in [0.2, 0.25) is 0 Å². The van der Waals surface area contributed by atoms with Crippen LogP contribution in [0.4, 0.5) is 4.79 Å². The van der Waals surface area contributed by atoms with Crippen molar-refractivity contribution in [3.63, 3.8) is 0 Å². The highest BCUT2D eigenvalue weighted by molar-refractivity contribution is 5.67. The van der Waals surface area contributed by atoms with Crippen molar-refractivity contribution >= 4 is 6.09 Å². The molecule has 1 aromatic rings. The third-order valence-corrected chi connectivity index (χ3v) is 5.25. The second-order valence-corrected chi connectivity index (χ2v) is 6.98. The highest BCUT2D eigenvalue weighted by Crippen LogP contribution is 2.25. The lowest BCUT2D eigenvalue weighted by Crippen LogP contribution is -2.47. The smallest absolute Gasteiger partial charge is 0.407 e. The summed E-state index contributed by atoms with van der Waals surface area (Å²) in [6, 6.07) is 10.6. The first-order valence-corrected chi connectivity index (χ1v) is 9.10. The molecule has 1 aromatic carbocycles. The standard InChI is InChI=1S/C19H28N2O3/c22-18-10-12-21(13-11-18)17-8-6-16(7-9-17)20-19(23)24-14-15-4-2-1-3-5-15/h1-5,16-18,22H,6-14H2,(H,20,23). The number of aliphatic hydroxyl groups excluding tert-OH is 1. The van der Waals surface area contributed by atoms with E-state index in [1.807, 2.05) is 30.3 Å². The molecule has 0 bridgehead atoms.